The molecule has 0 spiro atoms. The quantitative estimate of drug-likeness (QED) is 0.536. The normalized spacial score (nSPS) is 11.6. The molecular formula is C15H14N6. The number of aryl methyl sites for hydroxylation is 2. The van der Waals surface area contributed by atoms with Crippen molar-refractivity contribution in [3.05, 3.63) is 47.8 Å². The largest absolute Gasteiger partial charge is 0.282 e. The van der Waals surface area contributed by atoms with E-state index in [4.69, 9.17) is 0 Å². The summed E-state index contributed by atoms with van der Waals surface area (Å²) in [6.07, 6.45) is 3.24. The molecule has 104 valence electrons. The first kappa shape index (κ1) is 12.0. The standard InChI is InChI=1S/C15H14N6/c1-9-5-4-6-12(19-9)21-11(3)10(2)13-14-16-7-18-20(14)8-17-15(13)21/h4-8H,1-3H3. The molecule has 0 radical (unpaired) electrons. The van der Waals surface area contributed by atoms with Crippen LogP contribution in [0.25, 0.3) is 22.5 Å². The second-order valence-electron chi connectivity index (χ2n) is 5.15. The van der Waals surface area contributed by atoms with E-state index in [-0.39, 0.29) is 0 Å². The number of hydrogen-bond acceptors (Lipinski definition) is 4. The minimum Gasteiger partial charge on any atom is -0.282 e. The van der Waals surface area contributed by atoms with Gasteiger partial charge in [-0.3, -0.25) is 4.57 Å². The summed E-state index contributed by atoms with van der Waals surface area (Å²) in [7, 11) is 0. The zero-order valence-corrected chi connectivity index (χ0v) is 12.1. The van der Waals surface area contributed by atoms with Gasteiger partial charge in [0.05, 0.1) is 5.39 Å². The Morgan fingerprint density at radius 2 is 1.86 bits per heavy atom. The molecule has 0 aromatic carbocycles. The molecule has 0 saturated carbocycles. The van der Waals surface area contributed by atoms with Crippen molar-refractivity contribution >= 4 is 16.7 Å². The van der Waals surface area contributed by atoms with Crippen molar-refractivity contribution in [1.82, 2.24) is 29.1 Å². The summed E-state index contributed by atoms with van der Waals surface area (Å²) in [6, 6.07) is 5.99. The van der Waals surface area contributed by atoms with Crippen molar-refractivity contribution in [3.8, 4) is 5.82 Å². The van der Waals surface area contributed by atoms with Gasteiger partial charge in [-0.15, -0.1) is 0 Å². The monoisotopic (exact) mass is 278 g/mol. The van der Waals surface area contributed by atoms with Crippen molar-refractivity contribution in [2.75, 3.05) is 0 Å². The summed E-state index contributed by atoms with van der Waals surface area (Å²) < 4.78 is 3.77. The van der Waals surface area contributed by atoms with E-state index in [9.17, 15) is 0 Å². The van der Waals surface area contributed by atoms with Gasteiger partial charge in [0.1, 0.15) is 18.5 Å². The zero-order chi connectivity index (χ0) is 14.6. The summed E-state index contributed by atoms with van der Waals surface area (Å²) in [5, 5.41) is 5.18. The van der Waals surface area contributed by atoms with Crippen LogP contribution in [-0.4, -0.2) is 29.1 Å². The third-order valence-electron chi connectivity index (χ3n) is 3.88. The van der Waals surface area contributed by atoms with Gasteiger partial charge in [-0.1, -0.05) is 6.07 Å². The lowest BCUT2D eigenvalue weighted by molar-refractivity contribution is 0.913. The third kappa shape index (κ3) is 1.59. The Hall–Kier alpha value is -2.76. The van der Waals surface area contributed by atoms with Crippen LogP contribution in [0.1, 0.15) is 17.0 Å². The van der Waals surface area contributed by atoms with Gasteiger partial charge < -0.3 is 0 Å². The predicted molar refractivity (Wildman–Crippen MR) is 79.6 cm³/mol. The number of aromatic nitrogens is 6. The molecule has 0 fully saturated rings. The van der Waals surface area contributed by atoms with Crippen LogP contribution in [0.2, 0.25) is 0 Å². The highest BCUT2D eigenvalue weighted by molar-refractivity contribution is 5.94. The lowest BCUT2D eigenvalue weighted by Gasteiger charge is -2.07. The van der Waals surface area contributed by atoms with E-state index in [1.54, 1.807) is 17.2 Å². The molecule has 4 aromatic heterocycles. The van der Waals surface area contributed by atoms with E-state index in [2.05, 4.69) is 38.5 Å². The predicted octanol–water partition coefficient (Wildman–Crippen LogP) is 2.39. The number of pyridine rings is 1. The van der Waals surface area contributed by atoms with Gasteiger partial charge in [0.25, 0.3) is 0 Å². The van der Waals surface area contributed by atoms with Crippen molar-refractivity contribution in [2.24, 2.45) is 0 Å². The molecule has 4 rings (SSSR count). The molecule has 0 aliphatic rings. The summed E-state index contributed by atoms with van der Waals surface area (Å²) in [5.74, 6) is 0.877. The molecule has 4 aromatic rings. The van der Waals surface area contributed by atoms with Crippen LogP contribution in [0.4, 0.5) is 0 Å². The second kappa shape index (κ2) is 4.12. The molecule has 0 N–H and O–H groups in total. The van der Waals surface area contributed by atoms with Crippen LogP contribution in [0, 0.1) is 20.8 Å². The molecule has 6 heteroatoms. The number of rotatable bonds is 1. The Morgan fingerprint density at radius 3 is 2.67 bits per heavy atom. The maximum Gasteiger partial charge on any atom is 0.168 e. The number of fused-ring (bicyclic) bond motifs is 3. The summed E-state index contributed by atoms with van der Waals surface area (Å²) in [4.78, 5) is 13.5. The Kier molecular flexibility index (Phi) is 2.35. The van der Waals surface area contributed by atoms with Crippen LogP contribution < -0.4 is 0 Å². The van der Waals surface area contributed by atoms with Crippen LogP contribution in [0.5, 0.6) is 0 Å². The van der Waals surface area contributed by atoms with E-state index in [1.807, 2.05) is 25.1 Å². The first-order chi connectivity index (χ1) is 10.2. The van der Waals surface area contributed by atoms with E-state index in [1.165, 1.54) is 0 Å². The lowest BCUT2D eigenvalue weighted by atomic mass is 10.2. The van der Waals surface area contributed by atoms with Crippen LogP contribution in [-0.2, 0) is 0 Å². The lowest BCUT2D eigenvalue weighted by Crippen LogP contribution is -2.02. The maximum atomic E-state index is 4.62. The second-order valence-corrected chi connectivity index (χ2v) is 5.15. The summed E-state index contributed by atoms with van der Waals surface area (Å²) >= 11 is 0. The molecule has 0 aliphatic heterocycles. The highest BCUT2D eigenvalue weighted by atomic mass is 15.3. The first-order valence-corrected chi connectivity index (χ1v) is 6.77. The maximum absolute atomic E-state index is 4.62. The first-order valence-electron chi connectivity index (χ1n) is 6.77. The topological polar surface area (TPSA) is 60.9 Å². The molecule has 0 bridgehead atoms. The molecule has 0 aliphatic carbocycles. The smallest absolute Gasteiger partial charge is 0.168 e. The highest BCUT2D eigenvalue weighted by Gasteiger charge is 2.18. The molecule has 6 nitrogen and oxygen atoms in total. The van der Waals surface area contributed by atoms with E-state index >= 15 is 0 Å². The number of nitrogens with zero attached hydrogens (tertiary/aromatic N) is 6. The molecule has 21 heavy (non-hydrogen) atoms. The minimum absolute atomic E-state index is 0.826. The van der Waals surface area contributed by atoms with Crippen LogP contribution in [0.3, 0.4) is 0 Å². The number of hydrogen-bond donors (Lipinski definition) is 0. The highest BCUT2D eigenvalue weighted by Crippen LogP contribution is 2.28. The molecular weight excluding hydrogens is 264 g/mol. The Morgan fingerprint density at radius 1 is 1.00 bits per heavy atom. The van der Waals surface area contributed by atoms with Crippen molar-refractivity contribution in [3.63, 3.8) is 0 Å². The SMILES string of the molecule is Cc1cccc(-n2c(C)c(C)c3c2ncn2ncnc32)n1. The van der Waals surface area contributed by atoms with Crippen molar-refractivity contribution in [2.45, 2.75) is 20.8 Å². The van der Waals surface area contributed by atoms with Crippen molar-refractivity contribution in [1.29, 1.82) is 0 Å². The zero-order valence-electron chi connectivity index (χ0n) is 12.1. The minimum atomic E-state index is 0.826. The fourth-order valence-corrected chi connectivity index (χ4v) is 2.73. The van der Waals surface area contributed by atoms with Crippen LogP contribution >= 0.6 is 0 Å². The fourth-order valence-electron chi connectivity index (χ4n) is 2.73. The summed E-state index contributed by atoms with van der Waals surface area (Å²) in [6.45, 7) is 6.15. The van der Waals surface area contributed by atoms with Gasteiger partial charge in [0.15, 0.2) is 11.3 Å². The average Bonchev–Trinajstić information content (AvgIpc) is 3.03. The van der Waals surface area contributed by atoms with Gasteiger partial charge in [0, 0.05) is 11.4 Å². The van der Waals surface area contributed by atoms with E-state index in [0.29, 0.717) is 0 Å². The van der Waals surface area contributed by atoms with E-state index < -0.39 is 0 Å². The van der Waals surface area contributed by atoms with Gasteiger partial charge in [-0.25, -0.2) is 19.5 Å². The molecule has 0 atom stereocenters. The molecule has 0 saturated heterocycles. The van der Waals surface area contributed by atoms with Gasteiger partial charge in [0.2, 0.25) is 0 Å². The van der Waals surface area contributed by atoms with Gasteiger partial charge in [-0.05, 0) is 38.5 Å². The molecule has 4 heterocycles. The fraction of sp³-hybridized carbons (Fsp3) is 0.200. The average molecular weight is 278 g/mol. The van der Waals surface area contributed by atoms with E-state index in [0.717, 1.165) is 39.4 Å². The van der Waals surface area contributed by atoms with Crippen molar-refractivity contribution < 1.29 is 0 Å². The Bertz CT molecular complexity index is 979. The third-order valence-corrected chi connectivity index (χ3v) is 3.88. The van der Waals surface area contributed by atoms with Gasteiger partial charge in [-0.2, -0.15) is 5.10 Å². The molecule has 0 unspecified atom stereocenters. The summed E-state index contributed by atoms with van der Waals surface area (Å²) in [5.41, 5.74) is 4.94. The molecule has 0 amide bonds. The Labute approximate surface area is 121 Å². The Balaban J connectivity index is 2.17. The van der Waals surface area contributed by atoms with Crippen LogP contribution in [0.15, 0.2) is 30.9 Å². The van der Waals surface area contributed by atoms with Gasteiger partial charge >= 0.3 is 0 Å².